The molecule has 0 radical (unpaired) electrons. The van der Waals surface area contributed by atoms with Crippen molar-refractivity contribution in [3.8, 4) is 0 Å². The summed E-state index contributed by atoms with van der Waals surface area (Å²) in [7, 11) is 0. The number of anilines is 2. The summed E-state index contributed by atoms with van der Waals surface area (Å²) in [5, 5.41) is 9.40. The zero-order valence-corrected chi connectivity index (χ0v) is 17.3. The number of carbonyl (C=O) groups excluding carboxylic acids is 3. The second-order valence-corrected chi connectivity index (χ2v) is 7.53. The highest BCUT2D eigenvalue weighted by Gasteiger charge is 2.24. The maximum atomic E-state index is 13.0. The third kappa shape index (κ3) is 5.26. The number of rotatable bonds is 7. The van der Waals surface area contributed by atoms with Gasteiger partial charge >= 0.3 is 0 Å². The Labute approximate surface area is 175 Å². The lowest BCUT2D eigenvalue weighted by Gasteiger charge is -2.20. The second-order valence-electron chi connectivity index (χ2n) is 7.53. The summed E-state index contributed by atoms with van der Waals surface area (Å²) in [6, 6.07) is 14.0. The zero-order chi connectivity index (χ0) is 21.7. The van der Waals surface area contributed by atoms with E-state index < -0.39 is 6.04 Å². The lowest BCUT2D eigenvalue weighted by atomic mass is 10.0. The smallest absolute Gasteiger partial charge is 0.247 e. The predicted octanol–water partition coefficient (Wildman–Crippen LogP) is 3.45. The zero-order valence-electron chi connectivity index (χ0n) is 17.3. The van der Waals surface area contributed by atoms with Crippen LogP contribution in [0.2, 0.25) is 0 Å². The van der Waals surface area contributed by atoms with Gasteiger partial charge in [0, 0.05) is 47.7 Å². The summed E-state index contributed by atoms with van der Waals surface area (Å²) in [5.74, 6) is -0.956. The first-order valence-electron chi connectivity index (χ1n) is 9.87. The van der Waals surface area contributed by atoms with Crippen LogP contribution in [0.4, 0.5) is 11.4 Å². The molecule has 0 spiro atoms. The number of nitrogens with one attached hydrogen (secondary N) is 4. The molecule has 0 aliphatic heterocycles. The fourth-order valence-corrected chi connectivity index (χ4v) is 3.18. The summed E-state index contributed by atoms with van der Waals surface area (Å²) in [5.41, 5.74) is 3.04. The van der Waals surface area contributed by atoms with Crippen LogP contribution in [0.1, 0.15) is 26.3 Å². The van der Waals surface area contributed by atoms with Gasteiger partial charge in [0.2, 0.25) is 17.7 Å². The average Bonchev–Trinajstić information content (AvgIpc) is 3.10. The molecule has 0 aliphatic carbocycles. The molecule has 30 heavy (non-hydrogen) atoms. The van der Waals surface area contributed by atoms with Gasteiger partial charge in [0.15, 0.2) is 0 Å². The standard InChI is InChI=1S/C23H26N4O3/c1-14(2)22(29)27-21(11-16-13-24-20-10-5-4-9-19(16)20)23(30)26-18-8-6-7-17(12-18)25-15(3)28/h4-10,12-14,21,24H,11H2,1-3H3,(H,25,28)(H,26,30)(H,27,29). The Balaban J connectivity index is 1.81. The van der Waals surface area contributed by atoms with Crippen molar-refractivity contribution in [2.24, 2.45) is 5.92 Å². The molecule has 156 valence electrons. The summed E-state index contributed by atoms with van der Waals surface area (Å²) in [4.78, 5) is 39.8. The Bertz CT molecular complexity index is 1070. The van der Waals surface area contributed by atoms with Gasteiger partial charge in [-0.15, -0.1) is 0 Å². The number of aromatic amines is 1. The maximum absolute atomic E-state index is 13.0. The number of carbonyl (C=O) groups is 3. The fraction of sp³-hybridized carbons (Fsp3) is 0.261. The van der Waals surface area contributed by atoms with Gasteiger partial charge in [-0.1, -0.05) is 38.1 Å². The molecule has 0 bridgehead atoms. The number of H-pyrrole nitrogens is 1. The molecule has 3 aromatic rings. The number of fused-ring (bicyclic) bond motifs is 1. The van der Waals surface area contributed by atoms with E-state index in [1.54, 1.807) is 38.1 Å². The molecule has 1 heterocycles. The van der Waals surface area contributed by atoms with Gasteiger partial charge < -0.3 is 20.9 Å². The SMILES string of the molecule is CC(=O)Nc1cccc(NC(=O)C(Cc2c[nH]c3ccccc23)NC(=O)C(C)C)c1. The summed E-state index contributed by atoms with van der Waals surface area (Å²) >= 11 is 0. The van der Waals surface area contributed by atoms with Crippen molar-refractivity contribution in [2.75, 3.05) is 10.6 Å². The van der Waals surface area contributed by atoms with Gasteiger partial charge in [0.1, 0.15) is 6.04 Å². The average molecular weight is 406 g/mol. The van der Waals surface area contributed by atoms with E-state index in [9.17, 15) is 14.4 Å². The van der Waals surface area contributed by atoms with Crippen LogP contribution >= 0.6 is 0 Å². The highest BCUT2D eigenvalue weighted by atomic mass is 16.2. The Morgan fingerprint density at radius 2 is 1.63 bits per heavy atom. The molecule has 0 saturated carbocycles. The molecule has 1 unspecified atom stereocenters. The number of hydrogen-bond donors (Lipinski definition) is 4. The molecule has 2 aromatic carbocycles. The van der Waals surface area contributed by atoms with Gasteiger partial charge in [-0.05, 0) is 29.8 Å². The summed E-state index contributed by atoms with van der Waals surface area (Å²) in [6.07, 6.45) is 2.21. The van der Waals surface area contributed by atoms with Crippen molar-refractivity contribution in [2.45, 2.75) is 33.2 Å². The van der Waals surface area contributed by atoms with Gasteiger partial charge in [-0.2, -0.15) is 0 Å². The fourth-order valence-electron chi connectivity index (χ4n) is 3.18. The topological polar surface area (TPSA) is 103 Å². The Morgan fingerprint density at radius 1 is 0.933 bits per heavy atom. The lowest BCUT2D eigenvalue weighted by molar-refractivity contribution is -0.128. The van der Waals surface area contributed by atoms with E-state index in [4.69, 9.17) is 0 Å². The summed E-state index contributed by atoms with van der Waals surface area (Å²) < 4.78 is 0. The lowest BCUT2D eigenvalue weighted by Crippen LogP contribution is -2.46. The van der Waals surface area contributed by atoms with E-state index in [0.29, 0.717) is 17.8 Å². The van der Waals surface area contributed by atoms with Crippen molar-refractivity contribution in [1.29, 1.82) is 0 Å². The van der Waals surface area contributed by atoms with Crippen LogP contribution in [0.3, 0.4) is 0 Å². The molecule has 7 heteroatoms. The van der Waals surface area contributed by atoms with Gasteiger partial charge in [-0.3, -0.25) is 14.4 Å². The van der Waals surface area contributed by atoms with Crippen LogP contribution in [0.5, 0.6) is 0 Å². The Hall–Kier alpha value is -3.61. The molecule has 0 fully saturated rings. The molecule has 3 amide bonds. The van der Waals surface area contributed by atoms with E-state index >= 15 is 0 Å². The Morgan fingerprint density at radius 3 is 2.33 bits per heavy atom. The molecule has 4 N–H and O–H groups in total. The van der Waals surface area contributed by atoms with Crippen molar-refractivity contribution >= 4 is 40.0 Å². The van der Waals surface area contributed by atoms with Gasteiger partial charge in [0.25, 0.3) is 0 Å². The van der Waals surface area contributed by atoms with E-state index in [1.165, 1.54) is 6.92 Å². The van der Waals surface area contributed by atoms with Crippen molar-refractivity contribution in [3.63, 3.8) is 0 Å². The van der Waals surface area contributed by atoms with E-state index in [-0.39, 0.29) is 23.6 Å². The second kappa shape index (κ2) is 9.26. The Kier molecular flexibility index (Phi) is 6.51. The van der Waals surface area contributed by atoms with Crippen LogP contribution in [0.25, 0.3) is 10.9 Å². The van der Waals surface area contributed by atoms with Crippen molar-refractivity contribution in [1.82, 2.24) is 10.3 Å². The van der Waals surface area contributed by atoms with Crippen LogP contribution in [-0.2, 0) is 20.8 Å². The third-order valence-corrected chi connectivity index (χ3v) is 4.71. The highest BCUT2D eigenvalue weighted by Crippen LogP contribution is 2.20. The van der Waals surface area contributed by atoms with E-state index in [1.807, 2.05) is 30.5 Å². The molecule has 3 rings (SSSR count). The molecular formula is C23H26N4O3. The van der Waals surface area contributed by atoms with Crippen LogP contribution < -0.4 is 16.0 Å². The van der Waals surface area contributed by atoms with Gasteiger partial charge in [-0.25, -0.2) is 0 Å². The first-order chi connectivity index (χ1) is 14.3. The normalized spacial score (nSPS) is 11.9. The summed E-state index contributed by atoms with van der Waals surface area (Å²) in [6.45, 7) is 4.99. The molecule has 1 atom stereocenters. The molecule has 7 nitrogen and oxygen atoms in total. The largest absolute Gasteiger partial charge is 0.361 e. The van der Waals surface area contributed by atoms with Crippen LogP contribution in [0.15, 0.2) is 54.7 Å². The van der Waals surface area contributed by atoms with Gasteiger partial charge in [0.05, 0.1) is 0 Å². The maximum Gasteiger partial charge on any atom is 0.247 e. The minimum Gasteiger partial charge on any atom is -0.361 e. The minimum absolute atomic E-state index is 0.193. The number of hydrogen-bond acceptors (Lipinski definition) is 3. The quantitative estimate of drug-likeness (QED) is 0.483. The molecule has 0 aliphatic rings. The molecular weight excluding hydrogens is 380 g/mol. The highest BCUT2D eigenvalue weighted by molar-refractivity contribution is 5.99. The minimum atomic E-state index is -0.747. The monoisotopic (exact) mass is 406 g/mol. The van der Waals surface area contributed by atoms with Crippen LogP contribution in [0, 0.1) is 5.92 Å². The first-order valence-corrected chi connectivity index (χ1v) is 9.87. The molecule has 0 saturated heterocycles. The number of benzene rings is 2. The van der Waals surface area contributed by atoms with Crippen molar-refractivity contribution in [3.05, 3.63) is 60.3 Å². The predicted molar refractivity (Wildman–Crippen MR) is 118 cm³/mol. The third-order valence-electron chi connectivity index (χ3n) is 4.71. The van der Waals surface area contributed by atoms with Crippen LogP contribution in [-0.4, -0.2) is 28.7 Å². The molecule has 1 aromatic heterocycles. The number of amides is 3. The number of para-hydroxylation sites is 1. The van der Waals surface area contributed by atoms with E-state index in [0.717, 1.165) is 16.5 Å². The number of aromatic nitrogens is 1. The first kappa shape index (κ1) is 21.1. The van der Waals surface area contributed by atoms with E-state index in [2.05, 4.69) is 20.9 Å². The van der Waals surface area contributed by atoms with Crippen molar-refractivity contribution < 1.29 is 14.4 Å².